The standard InChI is InChI=1S/C13H26N4O3/c1-16-6-8-17(9-7-16)13(19)11-14-4-3-12(18)15-5-10-20-2/h14H,3-11H2,1-2H3,(H,15,18). The number of hydrogen-bond donors (Lipinski definition) is 2. The molecule has 1 aliphatic heterocycles. The molecular weight excluding hydrogens is 260 g/mol. The molecule has 1 heterocycles. The topological polar surface area (TPSA) is 73.9 Å². The van der Waals surface area contributed by atoms with Gasteiger partial charge >= 0.3 is 0 Å². The smallest absolute Gasteiger partial charge is 0.236 e. The zero-order chi connectivity index (χ0) is 14.8. The van der Waals surface area contributed by atoms with Crippen LogP contribution in [-0.2, 0) is 14.3 Å². The third-order valence-corrected chi connectivity index (χ3v) is 3.29. The molecule has 1 saturated heterocycles. The van der Waals surface area contributed by atoms with Gasteiger partial charge in [0.15, 0.2) is 0 Å². The lowest BCUT2D eigenvalue weighted by molar-refractivity contribution is -0.132. The predicted molar refractivity (Wildman–Crippen MR) is 76.4 cm³/mol. The molecule has 7 nitrogen and oxygen atoms in total. The van der Waals surface area contributed by atoms with E-state index in [9.17, 15) is 9.59 Å². The maximum Gasteiger partial charge on any atom is 0.236 e. The number of methoxy groups -OCH3 is 1. The molecule has 0 saturated carbocycles. The summed E-state index contributed by atoms with van der Waals surface area (Å²) in [7, 11) is 3.65. The number of hydrogen-bond acceptors (Lipinski definition) is 5. The number of likely N-dealkylation sites (N-methyl/N-ethyl adjacent to an activating group) is 1. The fraction of sp³-hybridized carbons (Fsp3) is 0.846. The van der Waals surface area contributed by atoms with Gasteiger partial charge in [0, 0.05) is 52.8 Å². The molecule has 0 aromatic rings. The van der Waals surface area contributed by atoms with E-state index in [-0.39, 0.29) is 11.8 Å². The van der Waals surface area contributed by atoms with E-state index in [0.29, 0.717) is 32.7 Å². The van der Waals surface area contributed by atoms with Crippen LogP contribution in [0.2, 0.25) is 0 Å². The maximum atomic E-state index is 11.9. The SMILES string of the molecule is COCCNC(=O)CCNCC(=O)N1CCN(C)CC1. The van der Waals surface area contributed by atoms with Crippen LogP contribution < -0.4 is 10.6 Å². The molecule has 0 aromatic carbocycles. The van der Waals surface area contributed by atoms with Crippen molar-refractivity contribution in [2.45, 2.75) is 6.42 Å². The molecule has 0 aliphatic carbocycles. The number of nitrogens with zero attached hydrogens (tertiary/aromatic N) is 2. The number of carbonyl (C=O) groups excluding carboxylic acids is 2. The highest BCUT2D eigenvalue weighted by molar-refractivity contribution is 5.78. The van der Waals surface area contributed by atoms with Crippen molar-refractivity contribution in [3.05, 3.63) is 0 Å². The molecular formula is C13H26N4O3. The molecule has 0 bridgehead atoms. The summed E-state index contributed by atoms with van der Waals surface area (Å²) in [5, 5.41) is 5.75. The van der Waals surface area contributed by atoms with Crippen molar-refractivity contribution in [1.82, 2.24) is 20.4 Å². The first kappa shape index (κ1) is 16.9. The average Bonchev–Trinajstić information content (AvgIpc) is 2.44. The lowest BCUT2D eigenvalue weighted by Gasteiger charge is -2.32. The molecule has 116 valence electrons. The van der Waals surface area contributed by atoms with Crippen molar-refractivity contribution < 1.29 is 14.3 Å². The number of amides is 2. The highest BCUT2D eigenvalue weighted by atomic mass is 16.5. The van der Waals surface area contributed by atoms with E-state index in [0.717, 1.165) is 26.2 Å². The number of carbonyl (C=O) groups is 2. The van der Waals surface area contributed by atoms with Crippen molar-refractivity contribution in [3.63, 3.8) is 0 Å². The highest BCUT2D eigenvalue weighted by Crippen LogP contribution is 1.98. The van der Waals surface area contributed by atoms with E-state index in [1.54, 1.807) is 7.11 Å². The van der Waals surface area contributed by atoms with Crippen molar-refractivity contribution in [1.29, 1.82) is 0 Å². The molecule has 0 spiro atoms. The Balaban J connectivity index is 2.03. The van der Waals surface area contributed by atoms with Gasteiger partial charge < -0.3 is 25.2 Å². The van der Waals surface area contributed by atoms with E-state index < -0.39 is 0 Å². The fourth-order valence-electron chi connectivity index (χ4n) is 1.95. The van der Waals surface area contributed by atoms with E-state index in [1.165, 1.54) is 0 Å². The summed E-state index contributed by atoms with van der Waals surface area (Å²) in [6.45, 7) is 5.27. The van der Waals surface area contributed by atoms with Crippen LogP contribution in [0.15, 0.2) is 0 Å². The first-order chi connectivity index (χ1) is 9.63. The van der Waals surface area contributed by atoms with Gasteiger partial charge in [-0.25, -0.2) is 0 Å². The fourth-order valence-corrected chi connectivity index (χ4v) is 1.95. The maximum absolute atomic E-state index is 11.9. The second-order valence-corrected chi connectivity index (χ2v) is 4.95. The van der Waals surface area contributed by atoms with Crippen LogP contribution >= 0.6 is 0 Å². The lowest BCUT2D eigenvalue weighted by atomic mass is 10.3. The minimum atomic E-state index is -0.0263. The highest BCUT2D eigenvalue weighted by Gasteiger charge is 2.18. The van der Waals surface area contributed by atoms with Crippen molar-refractivity contribution in [2.75, 3.05) is 66.6 Å². The van der Waals surface area contributed by atoms with Crippen LogP contribution in [0, 0.1) is 0 Å². The van der Waals surface area contributed by atoms with Gasteiger partial charge in [0.25, 0.3) is 0 Å². The molecule has 0 radical (unpaired) electrons. The van der Waals surface area contributed by atoms with Crippen LogP contribution in [0.4, 0.5) is 0 Å². The van der Waals surface area contributed by atoms with E-state index in [1.807, 2.05) is 4.90 Å². The molecule has 0 unspecified atom stereocenters. The predicted octanol–water partition coefficient (Wildman–Crippen LogP) is -1.50. The van der Waals surface area contributed by atoms with Crippen LogP contribution in [-0.4, -0.2) is 88.2 Å². The van der Waals surface area contributed by atoms with Gasteiger partial charge in [0.2, 0.25) is 11.8 Å². The summed E-state index contributed by atoms with van der Waals surface area (Å²) in [6, 6.07) is 0. The number of ether oxygens (including phenoxy) is 1. The third-order valence-electron chi connectivity index (χ3n) is 3.29. The van der Waals surface area contributed by atoms with Crippen LogP contribution in [0.1, 0.15) is 6.42 Å². The van der Waals surface area contributed by atoms with Gasteiger partial charge in [-0.1, -0.05) is 0 Å². The monoisotopic (exact) mass is 286 g/mol. The van der Waals surface area contributed by atoms with E-state index >= 15 is 0 Å². The van der Waals surface area contributed by atoms with Gasteiger partial charge in [-0.15, -0.1) is 0 Å². The summed E-state index contributed by atoms with van der Waals surface area (Å²) in [5.74, 6) is 0.0829. The van der Waals surface area contributed by atoms with Gasteiger partial charge in [-0.05, 0) is 7.05 Å². The molecule has 7 heteroatoms. The molecule has 0 atom stereocenters. The van der Waals surface area contributed by atoms with Crippen LogP contribution in [0.25, 0.3) is 0 Å². The van der Waals surface area contributed by atoms with Crippen LogP contribution in [0.3, 0.4) is 0 Å². The Morgan fingerprint density at radius 1 is 1.15 bits per heavy atom. The zero-order valence-corrected chi connectivity index (χ0v) is 12.5. The van der Waals surface area contributed by atoms with Gasteiger partial charge in [-0.3, -0.25) is 9.59 Å². The Morgan fingerprint density at radius 2 is 1.85 bits per heavy atom. The third kappa shape index (κ3) is 6.83. The summed E-state index contributed by atoms with van der Waals surface area (Å²) in [5.41, 5.74) is 0. The molecule has 2 N–H and O–H groups in total. The lowest BCUT2D eigenvalue weighted by Crippen LogP contribution is -2.49. The van der Waals surface area contributed by atoms with E-state index in [4.69, 9.17) is 4.74 Å². The van der Waals surface area contributed by atoms with Gasteiger partial charge in [0.1, 0.15) is 0 Å². The minimum absolute atomic E-state index is 0.0263. The molecule has 0 aromatic heterocycles. The quantitative estimate of drug-likeness (QED) is 0.532. The normalized spacial score (nSPS) is 16.2. The van der Waals surface area contributed by atoms with Gasteiger partial charge in [-0.2, -0.15) is 0 Å². The molecule has 1 aliphatic rings. The first-order valence-electron chi connectivity index (χ1n) is 7.06. The Kier molecular flexibility index (Phi) is 8.17. The Hall–Kier alpha value is -1.18. The molecule has 20 heavy (non-hydrogen) atoms. The number of piperazine rings is 1. The largest absolute Gasteiger partial charge is 0.383 e. The Labute approximate surface area is 120 Å². The zero-order valence-electron chi connectivity index (χ0n) is 12.5. The first-order valence-corrected chi connectivity index (χ1v) is 7.06. The average molecular weight is 286 g/mol. The molecule has 1 rings (SSSR count). The summed E-state index contributed by atoms with van der Waals surface area (Å²) in [4.78, 5) is 27.4. The minimum Gasteiger partial charge on any atom is -0.383 e. The van der Waals surface area contributed by atoms with Gasteiger partial charge in [0.05, 0.1) is 13.2 Å². The summed E-state index contributed by atoms with van der Waals surface area (Å²) >= 11 is 0. The summed E-state index contributed by atoms with van der Waals surface area (Å²) in [6.07, 6.45) is 0.375. The number of rotatable bonds is 8. The second kappa shape index (κ2) is 9.68. The molecule has 1 fully saturated rings. The summed E-state index contributed by atoms with van der Waals surface area (Å²) < 4.78 is 4.84. The Morgan fingerprint density at radius 3 is 2.50 bits per heavy atom. The van der Waals surface area contributed by atoms with Crippen molar-refractivity contribution >= 4 is 11.8 Å². The number of nitrogens with one attached hydrogen (secondary N) is 2. The van der Waals surface area contributed by atoms with Crippen molar-refractivity contribution in [2.24, 2.45) is 0 Å². The second-order valence-electron chi connectivity index (χ2n) is 4.95. The van der Waals surface area contributed by atoms with Crippen molar-refractivity contribution in [3.8, 4) is 0 Å². The van der Waals surface area contributed by atoms with E-state index in [2.05, 4.69) is 22.6 Å². The van der Waals surface area contributed by atoms with Crippen LogP contribution in [0.5, 0.6) is 0 Å². The molecule has 2 amide bonds. The Bertz CT molecular complexity index is 304.